The van der Waals surface area contributed by atoms with Crippen molar-refractivity contribution in [2.45, 2.75) is 50.6 Å². The Kier molecular flexibility index (Phi) is 8.06. The van der Waals surface area contributed by atoms with E-state index >= 15 is 0 Å². The van der Waals surface area contributed by atoms with Crippen molar-refractivity contribution in [1.29, 1.82) is 0 Å². The number of hydrogen-bond acceptors (Lipinski definition) is 4. The quantitative estimate of drug-likeness (QED) is 0.777. The smallest absolute Gasteiger partial charge is 0.365 e. The number of carbonyl (C=O) groups is 1. The van der Waals surface area contributed by atoms with E-state index < -0.39 is 30.8 Å². The number of piperazine rings is 1. The number of amides is 1. The maximum Gasteiger partial charge on any atom is 0.405 e. The molecule has 5 nitrogen and oxygen atoms in total. The van der Waals surface area contributed by atoms with Crippen molar-refractivity contribution in [3.8, 4) is 0 Å². The van der Waals surface area contributed by atoms with E-state index in [1.807, 2.05) is 6.92 Å². The second kappa shape index (κ2) is 9.05. The van der Waals surface area contributed by atoms with Gasteiger partial charge in [0.25, 0.3) is 0 Å². The fourth-order valence-electron chi connectivity index (χ4n) is 2.96. The second-order valence-corrected chi connectivity index (χ2v) is 5.82. The molecule has 0 aromatic heterocycles. The Balaban J connectivity index is 0.00000264. The predicted molar refractivity (Wildman–Crippen MR) is 82.7 cm³/mol. The van der Waals surface area contributed by atoms with Gasteiger partial charge in [0.1, 0.15) is 12.1 Å². The lowest BCUT2D eigenvalue weighted by molar-refractivity contribution is -0.184. The Labute approximate surface area is 140 Å². The van der Waals surface area contributed by atoms with E-state index in [4.69, 9.17) is 4.74 Å². The van der Waals surface area contributed by atoms with E-state index in [9.17, 15) is 18.0 Å². The van der Waals surface area contributed by atoms with Crippen molar-refractivity contribution < 1.29 is 22.7 Å². The molecule has 9 heteroatoms. The van der Waals surface area contributed by atoms with Crippen molar-refractivity contribution in [3.05, 3.63) is 0 Å². The molecular formula is C14H25ClF3N3O2. The van der Waals surface area contributed by atoms with Gasteiger partial charge in [-0.2, -0.15) is 13.2 Å². The minimum atomic E-state index is -4.35. The Morgan fingerprint density at radius 2 is 2.00 bits per heavy atom. The third-order valence-electron chi connectivity index (χ3n) is 4.30. The summed E-state index contributed by atoms with van der Waals surface area (Å²) in [4.78, 5) is 13.4. The van der Waals surface area contributed by atoms with Crippen molar-refractivity contribution in [1.82, 2.24) is 15.5 Å². The molecule has 2 N–H and O–H groups in total. The molecule has 0 bridgehead atoms. The number of rotatable bonds is 5. The molecule has 0 spiro atoms. The molecule has 3 unspecified atom stereocenters. The first-order valence-electron chi connectivity index (χ1n) is 7.86. The summed E-state index contributed by atoms with van der Waals surface area (Å²) in [5.74, 6) is -0.430. The topological polar surface area (TPSA) is 53.6 Å². The summed E-state index contributed by atoms with van der Waals surface area (Å²) in [5, 5.41) is 5.45. The van der Waals surface area contributed by atoms with Crippen LogP contribution in [-0.2, 0) is 9.53 Å². The van der Waals surface area contributed by atoms with E-state index in [2.05, 4.69) is 10.6 Å². The molecule has 136 valence electrons. The average Bonchev–Trinajstić information content (AvgIpc) is 2.96. The standard InChI is InChI=1S/C14H24F3N3O2.ClH/c1-2-10-3-4-11(22-10)13(21)19-9-12(14(15,16)17)20-7-5-18-6-8-20;/h10-12,18H,2-9H2,1H3,(H,19,21);1H. The number of ether oxygens (including phenoxy) is 1. The Hall–Kier alpha value is -0.570. The van der Waals surface area contributed by atoms with Gasteiger partial charge in [-0.15, -0.1) is 12.4 Å². The van der Waals surface area contributed by atoms with Gasteiger partial charge >= 0.3 is 6.18 Å². The lowest BCUT2D eigenvalue weighted by Gasteiger charge is -2.36. The normalized spacial score (nSPS) is 27.3. The summed E-state index contributed by atoms with van der Waals surface area (Å²) in [7, 11) is 0. The van der Waals surface area contributed by atoms with Crippen LogP contribution in [0.15, 0.2) is 0 Å². The number of alkyl halides is 3. The largest absolute Gasteiger partial charge is 0.405 e. The summed E-state index contributed by atoms with van der Waals surface area (Å²) in [6, 6.07) is -1.64. The van der Waals surface area contributed by atoms with Gasteiger partial charge in [0, 0.05) is 32.7 Å². The molecule has 0 aliphatic carbocycles. The molecule has 0 aromatic rings. The first kappa shape index (κ1) is 20.5. The number of hydrogen-bond donors (Lipinski definition) is 2. The van der Waals surface area contributed by atoms with Gasteiger partial charge in [-0.1, -0.05) is 6.92 Å². The van der Waals surface area contributed by atoms with Gasteiger partial charge < -0.3 is 15.4 Å². The Morgan fingerprint density at radius 3 is 2.52 bits per heavy atom. The minimum absolute atomic E-state index is 0. The van der Waals surface area contributed by atoms with E-state index in [0.717, 1.165) is 12.8 Å². The molecule has 2 saturated heterocycles. The SMILES string of the molecule is CCC1CCC(C(=O)NCC(N2CCNCC2)C(F)(F)F)O1.Cl. The molecular weight excluding hydrogens is 335 g/mol. The molecule has 23 heavy (non-hydrogen) atoms. The highest BCUT2D eigenvalue weighted by Crippen LogP contribution is 2.25. The zero-order valence-electron chi connectivity index (χ0n) is 13.2. The van der Waals surface area contributed by atoms with Crippen LogP contribution >= 0.6 is 12.4 Å². The molecule has 1 amide bonds. The predicted octanol–water partition coefficient (Wildman–Crippen LogP) is 1.32. The van der Waals surface area contributed by atoms with E-state index in [1.54, 1.807) is 0 Å². The molecule has 3 atom stereocenters. The van der Waals surface area contributed by atoms with Crippen LogP contribution in [0.5, 0.6) is 0 Å². The van der Waals surface area contributed by atoms with E-state index in [0.29, 0.717) is 32.6 Å². The second-order valence-electron chi connectivity index (χ2n) is 5.82. The van der Waals surface area contributed by atoms with Crippen molar-refractivity contribution >= 4 is 18.3 Å². The molecule has 2 aliphatic heterocycles. The molecule has 2 fully saturated rings. The van der Waals surface area contributed by atoms with Gasteiger partial charge in [0.2, 0.25) is 5.91 Å². The van der Waals surface area contributed by atoms with E-state index in [-0.39, 0.29) is 18.5 Å². The van der Waals surface area contributed by atoms with Crippen LogP contribution in [0.2, 0.25) is 0 Å². The lowest BCUT2D eigenvalue weighted by atomic mass is 10.1. The van der Waals surface area contributed by atoms with Crippen molar-refractivity contribution in [2.24, 2.45) is 0 Å². The van der Waals surface area contributed by atoms with Gasteiger partial charge in [0.15, 0.2) is 0 Å². The zero-order valence-corrected chi connectivity index (χ0v) is 14.0. The lowest BCUT2D eigenvalue weighted by Crippen LogP contribution is -2.58. The molecule has 0 aromatic carbocycles. The third kappa shape index (κ3) is 5.77. The highest BCUT2D eigenvalue weighted by Gasteiger charge is 2.44. The molecule has 0 radical (unpaired) electrons. The molecule has 2 aliphatic rings. The number of carbonyl (C=O) groups excluding carboxylic acids is 1. The number of halogens is 4. The summed E-state index contributed by atoms with van der Waals surface area (Å²) in [6.07, 6.45) is -2.74. The highest BCUT2D eigenvalue weighted by atomic mass is 35.5. The Morgan fingerprint density at radius 1 is 1.35 bits per heavy atom. The monoisotopic (exact) mass is 359 g/mol. The fourth-order valence-corrected chi connectivity index (χ4v) is 2.96. The van der Waals surface area contributed by atoms with Gasteiger partial charge in [-0.05, 0) is 19.3 Å². The van der Waals surface area contributed by atoms with Crippen LogP contribution in [0.4, 0.5) is 13.2 Å². The average molecular weight is 360 g/mol. The van der Waals surface area contributed by atoms with E-state index in [1.165, 1.54) is 4.90 Å². The third-order valence-corrected chi connectivity index (χ3v) is 4.30. The summed E-state index contributed by atoms with van der Waals surface area (Å²) in [6.45, 7) is 3.28. The van der Waals surface area contributed by atoms with Gasteiger partial charge in [0.05, 0.1) is 6.10 Å². The van der Waals surface area contributed by atoms with Gasteiger partial charge in [-0.3, -0.25) is 9.69 Å². The van der Waals surface area contributed by atoms with Crippen LogP contribution in [0.1, 0.15) is 26.2 Å². The molecule has 2 rings (SSSR count). The fraction of sp³-hybridized carbons (Fsp3) is 0.929. The summed E-state index contributed by atoms with van der Waals surface area (Å²) < 4.78 is 45.1. The molecule has 2 heterocycles. The first-order valence-corrected chi connectivity index (χ1v) is 7.86. The summed E-state index contributed by atoms with van der Waals surface area (Å²) >= 11 is 0. The highest BCUT2D eigenvalue weighted by molar-refractivity contribution is 5.85. The zero-order chi connectivity index (χ0) is 16.2. The van der Waals surface area contributed by atoms with Crippen LogP contribution in [-0.4, -0.2) is 68.0 Å². The van der Waals surface area contributed by atoms with Crippen LogP contribution in [0.3, 0.4) is 0 Å². The number of nitrogens with one attached hydrogen (secondary N) is 2. The van der Waals surface area contributed by atoms with Crippen molar-refractivity contribution in [3.63, 3.8) is 0 Å². The first-order chi connectivity index (χ1) is 10.4. The van der Waals surface area contributed by atoms with Crippen LogP contribution in [0.25, 0.3) is 0 Å². The Bertz CT molecular complexity index is 379. The van der Waals surface area contributed by atoms with Gasteiger partial charge in [-0.25, -0.2) is 0 Å². The van der Waals surface area contributed by atoms with Crippen molar-refractivity contribution in [2.75, 3.05) is 32.7 Å². The van der Waals surface area contributed by atoms with Crippen LogP contribution < -0.4 is 10.6 Å². The summed E-state index contributed by atoms with van der Waals surface area (Å²) in [5.41, 5.74) is 0. The van der Waals surface area contributed by atoms with Crippen LogP contribution in [0, 0.1) is 0 Å². The maximum absolute atomic E-state index is 13.2. The minimum Gasteiger partial charge on any atom is -0.365 e. The molecule has 0 saturated carbocycles. The maximum atomic E-state index is 13.2. The number of nitrogens with zero attached hydrogens (tertiary/aromatic N) is 1.